The summed E-state index contributed by atoms with van der Waals surface area (Å²) in [7, 11) is 0. The highest BCUT2D eigenvalue weighted by atomic mass is 79.9. The Labute approximate surface area is 104 Å². The van der Waals surface area contributed by atoms with Crippen molar-refractivity contribution in [2.75, 3.05) is 0 Å². The first-order valence-corrected chi connectivity index (χ1v) is 6.61. The molecule has 2 rings (SSSR count). The van der Waals surface area contributed by atoms with Crippen LogP contribution in [-0.2, 0) is 6.54 Å². The monoisotopic (exact) mass is 287 g/mol. The molecule has 0 bridgehead atoms. The molecule has 15 heavy (non-hydrogen) atoms. The van der Waals surface area contributed by atoms with Gasteiger partial charge in [-0.2, -0.15) is 0 Å². The minimum Gasteiger partial charge on any atom is -0.310 e. The predicted octanol–water partition coefficient (Wildman–Crippen LogP) is 4.13. The fraction of sp³-hybridized carbons (Fsp3) is 0.500. The highest BCUT2D eigenvalue weighted by molar-refractivity contribution is 9.10. The largest absolute Gasteiger partial charge is 0.310 e. The van der Waals surface area contributed by atoms with Gasteiger partial charge in [0.2, 0.25) is 0 Å². The van der Waals surface area contributed by atoms with Crippen molar-refractivity contribution >= 4 is 27.5 Å². The van der Waals surface area contributed by atoms with E-state index in [-0.39, 0.29) is 0 Å². The van der Waals surface area contributed by atoms with Crippen molar-refractivity contribution in [2.24, 2.45) is 0 Å². The van der Waals surface area contributed by atoms with Crippen LogP contribution in [0.4, 0.5) is 0 Å². The molecule has 1 aromatic carbocycles. The normalized spacial score (nSPS) is 17.2. The molecule has 0 radical (unpaired) electrons. The molecule has 82 valence electrons. The number of halogens is 2. The van der Waals surface area contributed by atoms with E-state index in [1.54, 1.807) is 0 Å². The van der Waals surface area contributed by atoms with Gasteiger partial charge in [0.1, 0.15) is 0 Å². The zero-order valence-electron chi connectivity index (χ0n) is 8.60. The molecule has 0 amide bonds. The van der Waals surface area contributed by atoms with E-state index in [1.165, 1.54) is 31.2 Å². The molecular weight excluding hydrogens is 273 g/mol. The lowest BCUT2D eigenvalue weighted by Crippen LogP contribution is -2.25. The molecule has 0 atom stereocenters. The Kier molecular flexibility index (Phi) is 4.06. The summed E-state index contributed by atoms with van der Waals surface area (Å²) < 4.78 is 0.981. The molecule has 0 aromatic heterocycles. The predicted molar refractivity (Wildman–Crippen MR) is 68.2 cm³/mol. The van der Waals surface area contributed by atoms with Crippen LogP contribution in [-0.4, -0.2) is 6.04 Å². The van der Waals surface area contributed by atoms with Gasteiger partial charge >= 0.3 is 0 Å². The van der Waals surface area contributed by atoms with Gasteiger partial charge in [-0.1, -0.05) is 36.6 Å². The Morgan fingerprint density at radius 2 is 2.07 bits per heavy atom. The summed E-state index contributed by atoms with van der Waals surface area (Å²) in [5.74, 6) is 0. The molecule has 0 saturated heterocycles. The summed E-state index contributed by atoms with van der Waals surface area (Å²) in [6, 6.07) is 6.78. The lowest BCUT2D eigenvalue weighted by molar-refractivity contribution is 0.524. The van der Waals surface area contributed by atoms with E-state index >= 15 is 0 Å². The van der Waals surface area contributed by atoms with Crippen LogP contribution >= 0.6 is 27.5 Å². The number of rotatable bonds is 3. The molecule has 0 heterocycles. The van der Waals surface area contributed by atoms with Crippen molar-refractivity contribution in [1.29, 1.82) is 0 Å². The van der Waals surface area contributed by atoms with Gasteiger partial charge in [-0.15, -0.1) is 0 Å². The molecule has 1 saturated carbocycles. The van der Waals surface area contributed by atoms with E-state index in [9.17, 15) is 0 Å². The van der Waals surface area contributed by atoms with Gasteiger partial charge < -0.3 is 5.32 Å². The van der Waals surface area contributed by atoms with Crippen LogP contribution in [0.5, 0.6) is 0 Å². The van der Waals surface area contributed by atoms with Crippen molar-refractivity contribution in [3.63, 3.8) is 0 Å². The molecule has 1 aliphatic rings. The smallest absolute Gasteiger partial charge is 0.0592 e. The van der Waals surface area contributed by atoms with Crippen LogP contribution in [0.3, 0.4) is 0 Å². The van der Waals surface area contributed by atoms with Gasteiger partial charge in [0.15, 0.2) is 0 Å². The fourth-order valence-corrected chi connectivity index (χ4v) is 2.67. The molecule has 1 nitrogen and oxygen atoms in total. The number of hydrogen-bond acceptors (Lipinski definition) is 1. The fourth-order valence-electron chi connectivity index (χ4n) is 2.07. The Morgan fingerprint density at radius 1 is 1.33 bits per heavy atom. The zero-order chi connectivity index (χ0) is 10.7. The summed E-state index contributed by atoms with van der Waals surface area (Å²) in [5, 5.41) is 4.40. The topological polar surface area (TPSA) is 12.0 Å². The van der Waals surface area contributed by atoms with E-state index in [0.29, 0.717) is 6.04 Å². The van der Waals surface area contributed by atoms with Gasteiger partial charge in [0, 0.05) is 17.1 Å². The third-order valence-electron chi connectivity index (χ3n) is 2.97. The molecule has 0 aliphatic heterocycles. The lowest BCUT2D eigenvalue weighted by atomic mass is 10.2. The quantitative estimate of drug-likeness (QED) is 0.881. The molecular formula is C12H15BrClN. The van der Waals surface area contributed by atoms with Gasteiger partial charge in [-0.3, -0.25) is 0 Å². The Hall–Kier alpha value is -0.0500. The van der Waals surface area contributed by atoms with Crippen LogP contribution in [0.1, 0.15) is 31.2 Å². The SMILES string of the molecule is Clc1c(Br)cccc1CNC1CCCC1. The average Bonchev–Trinajstić information content (AvgIpc) is 2.73. The maximum Gasteiger partial charge on any atom is 0.0592 e. The van der Waals surface area contributed by atoms with Crippen LogP contribution in [0, 0.1) is 0 Å². The van der Waals surface area contributed by atoms with Crippen molar-refractivity contribution in [3.05, 3.63) is 33.3 Å². The van der Waals surface area contributed by atoms with Crippen LogP contribution in [0.15, 0.2) is 22.7 Å². The second kappa shape index (κ2) is 5.33. The summed E-state index contributed by atoms with van der Waals surface area (Å²) in [6.07, 6.45) is 5.35. The Bertz CT molecular complexity index is 334. The molecule has 3 heteroatoms. The van der Waals surface area contributed by atoms with Crippen molar-refractivity contribution < 1.29 is 0 Å². The summed E-state index contributed by atoms with van der Waals surface area (Å²) in [4.78, 5) is 0. The standard InChI is InChI=1S/C12H15BrClN/c13-11-7-3-4-9(12(11)14)8-15-10-5-1-2-6-10/h3-4,7,10,15H,1-2,5-6,8H2. The maximum absolute atomic E-state index is 6.19. The van der Waals surface area contributed by atoms with E-state index < -0.39 is 0 Å². The zero-order valence-corrected chi connectivity index (χ0v) is 10.9. The maximum atomic E-state index is 6.19. The van der Waals surface area contributed by atoms with Gasteiger partial charge in [-0.25, -0.2) is 0 Å². The molecule has 1 fully saturated rings. The summed E-state index contributed by atoms with van der Waals surface area (Å²) >= 11 is 9.63. The number of nitrogens with one attached hydrogen (secondary N) is 1. The van der Waals surface area contributed by atoms with Crippen molar-refractivity contribution in [2.45, 2.75) is 38.3 Å². The van der Waals surface area contributed by atoms with E-state index in [1.807, 2.05) is 12.1 Å². The molecule has 1 aromatic rings. The van der Waals surface area contributed by atoms with Crippen LogP contribution < -0.4 is 5.32 Å². The molecule has 1 N–H and O–H groups in total. The second-order valence-corrected chi connectivity index (χ2v) is 5.31. The lowest BCUT2D eigenvalue weighted by Gasteiger charge is -2.13. The van der Waals surface area contributed by atoms with Crippen molar-refractivity contribution in [3.8, 4) is 0 Å². The van der Waals surface area contributed by atoms with Crippen LogP contribution in [0.25, 0.3) is 0 Å². The Balaban J connectivity index is 1.95. The van der Waals surface area contributed by atoms with Crippen LogP contribution in [0.2, 0.25) is 5.02 Å². The highest BCUT2D eigenvalue weighted by Crippen LogP contribution is 2.26. The van der Waals surface area contributed by atoms with E-state index in [0.717, 1.165) is 16.0 Å². The molecule has 0 spiro atoms. The first-order chi connectivity index (χ1) is 7.27. The minimum absolute atomic E-state index is 0.694. The third-order valence-corrected chi connectivity index (χ3v) is 4.30. The van der Waals surface area contributed by atoms with Gasteiger partial charge in [0.25, 0.3) is 0 Å². The van der Waals surface area contributed by atoms with Gasteiger partial charge in [0.05, 0.1) is 5.02 Å². The first kappa shape index (κ1) is 11.4. The summed E-state index contributed by atoms with van der Waals surface area (Å²) in [6.45, 7) is 0.878. The van der Waals surface area contributed by atoms with Gasteiger partial charge in [-0.05, 0) is 40.4 Å². The Morgan fingerprint density at radius 3 is 2.80 bits per heavy atom. The van der Waals surface area contributed by atoms with Crippen molar-refractivity contribution in [1.82, 2.24) is 5.32 Å². The molecule has 1 aliphatic carbocycles. The number of hydrogen-bond donors (Lipinski definition) is 1. The minimum atomic E-state index is 0.694. The number of benzene rings is 1. The highest BCUT2D eigenvalue weighted by Gasteiger charge is 2.14. The molecule has 0 unspecified atom stereocenters. The average molecular weight is 289 g/mol. The second-order valence-electron chi connectivity index (χ2n) is 4.08. The van der Waals surface area contributed by atoms with E-state index in [4.69, 9.17) is 11.6 Å². The van der Waals surface area contributed by atoms with E-state index in [2.05, 4.69) is 27.3 Å². The first-order valence-electron chi connectivity index (χ1n) is 5.43. The third kappa shape index (κ3) is 2.96. The summed E-state index contributed by atoms with van der Waals surface area (Å²) in [5.41, 5.74) is 1.18.